The maximum atomic E-state index is 13.3. The monoisotopic (exact) mass is 464 g/mol. The summed E-state index contributed by atoms with van der Waals surface area (Å²) in [4.78, 5) is 30.3. The number of amides is 1. The van der Waals surface area contributed by atoms with E-state index in [1.54, 1.807) is 24.1 Å². The van der Waals surface area contributed by atoms with Crippen molar-refractivity contribution < 1.29 is 19.4 Å². The molecule has 1 aliphatic heterocycles. The highest BCUT2D eigenvalue weighted by atomic mass is 16.5. The fraction of sp³-hybridized carbons (Fsp3) is 0.429. The molecule has 1 saturated heterocycles. The highest BCUT2D eigenvalue weighted by Gasteiger charge is 2.46. The molecule has 0 bridgehead atoms. The van der Waals surface area contributed by atoms with Crippen LogP contribution in [0.15, 0.2) is 48.0 Å². The van der Waals surface area contributed by atoms with Gasteiger partial charge in [0.1, 0.15) is 11.5 Å². The molecular weight excluding hydrogens is 428 g/mol. The molecule has 1 unspecified atom stereocenters. The Kier molecular flexibility index (Phi) is 8.15. The molecule has 6 heteroatoms. The Morgan fingerprint density at radius 1 is 1.12 bits per heavy atom. The molecule has 34 heavy (non-hydrogen) atoms. The van der Waals surface area contributed by atoms with E-state index < -0.39 is 17.7 Å². The van der Waals surface area contributed by atoms with Crippen molar-refractivity contribution in [2.75, 3.05) is 33.3 Å². The summed E-state index contributed by atoms with van der Waals surface area (Å²) in [5.41, 5.74) is 3.41. The van der Waals surface area contributed by atoms with Crippen LogP contribution in [0.3, 0.4) is 0 Å². The summed E-state index contributed by atoms with van der Waals surface area (Å²) in [6.45, 7) is 13.0. The molecule has 1 amide bonds. The largest absolute Gasteiger partial charge is 0.507 e. The average molecular weight is 465 g/mol. The van der Waals surface area contributed by atoms with Gasteiger partial charge in [0.15, 0.2) is 0 Å². The van der Waals surface area contributed by atoms with E-state index in [1.165, 1.54) is 0 Å². The van der Waals surface area contributed by atoms with Crippen LogP contribution in [-0.4, -0.2) is 59.9 Å². The van der Waals surface area contributed by atoms with Gasteiger partial charge in [-0.1, -0.05) is 57.5 Å². The summed E-state index contributed by atoms with van der Waals surface area (Å²) >= 11 is 0. The van der Waals surface area contributed by atoms with Gasteiger partial charge >= 0.3 is 0 Å². The first kappa shape index (κ1) is 25.5. The lowest BCUT2D eigenvalue weighted by atomic mass is 9.92. The smallest absolute Gasteiger partial charge is 0.295 e. The second-order valence-corrected chi connectivity index (χ2v) is 9.04. The van der Waals surface area contributed by atoms with Gasteiger partial charge < -0.3 is 19.6 Å². The number of Topliss-reactive ketones (excluding diaryl/α,β-unsaturated/α-hetero) is 1. The molecule has 1 atom stereocenters. The van der Waals surface area contributed by atoms with Gasteiger partial charge in [-0.3, -0.25) is 9.59 Å². The van der Waals surface area contributed by atoms with Crippen molar-refractivity contribution in [3.05, 3.63) is 70.3 Å². The topological polar surface area (TPSA) is 70.1 Å². The zero-order valence-electron chi connectivity index (χ0n) is 21.1. The molecule has 1 aliphatic rings. The van der Waals surface area contributed by atoms with Gasteiger partial charge in [0.25, 0.3) is 11.7 Å². The van der Waals surface area contributed by atoms with Gasteiger partial charge in [-0.15, -0.1) is 0 Å². The van der Waals surface area contributed by atoms with Crippen LogP contribution >= 0.6 is 0 Å². The summed E-state index contributed by atoms with van der Waals surface area (Å²) < 4.78 is 5.47. The number of likely N-dealkylation sites (tertiary alicyclic amines) is 1. The van der Waals surface area contributed by atoms with E-state index in [-0.39, 0.29) is 17.3 Å². The fourth-order valence-electron chi connectivity index (χ4n) is 4.57. The van der Waals surface area contributed by atoms with Crippen molar-refractivity contribution in [3.63, 3.8) is 0 Å². The maximum absolute atomic E-state index is 13.3. The molecule has 0 radical (unpaired) electrons. The highest BCUT2D eigenvalue weighted by molar-refractivity contribution is 6.46. The molecule has 0 spiro atoms. The zero-order valence-corrected chi connectivity index (χ0v) is 21.1. The van der Waals surface area contributed by atoms with Gasteiger partial charge in [0.05, 0.1) is 18.7 Å². The third kappa shape index (κ3) is 5.02. The predicted octanol–water partition coefficient (Wildman–Crippen LogP) is 4.89. The maximum Gasteiger partial charge on any atom is 0.295 e. The Hall–Kier alpha value is -3.12. The Bertz CT molecular complexity index is 1090. The van der Waals surface area contributed by atoms with E-state index >= 15 is 0 Å². The van der Waals surface area contributed by atoms with Gasteiger partial charge in [-0.25, -0.2) is 0 Å². The van der Waals surface area contributed by atoms with Gasteiger partial charge in [-0.05, 0) is 55.3 Å². The van der Waals surface area contributed by atoms with Gasteiger partial charge in [0.2, 0.25) is 0 Å². The Morgan fingerprint density at radius 2 is 1.82 bits per heavy atom. The van der Waals surface area contributed by atoms with Crippen LogP contribution in [-0.2, 0) is 9.59 Å². The normalized spacial score (nSPS) is 17.8. The van der Waals surface area contributed by atoms with Crippen LogP contribution in [0.4, 0.5) is 0 Å². The number of carbonyl (C=O) groups excluding carboxylic acids is 2. The molecule has 2 aromatic carbocycles. The van der Waals surface area contributed by atoms with Crippen LogP contribution < -0.4 is 4.74 Å². The third-order valence-electron chi connectivity index (χ3n) is 6.57. The number of likely N-dealkylation sites (N-methyl/N-ethyl adjacent to an activating group) is 1. The highest BCUT2D eigenvalue weighted by Crippen LogP contribution is 2.40. The molecule has 3 rings (SSSR count). The molecular formula is C28H36N2O4. The summed E-state index contributed by atoms with van der Waals surface area (Å²) in [7, 11) is 1.61. The lowest BCUT2D eigenvalue weighted by molar-refractivity contribution is -0.140. The molecule has 6 nitrogen and oxygen atoms in total. The number of ketones is 1. The van der Waals surface area contributed by atoms with E-state index in [0.29, 0.717) is 18.7 Å². The quantitative estimate of drug-likeness (QED) is 0.325. The summed E-state index contributed by atoms with van der Waals surface area (Å²) in [5, 5.41) is 11.4. The summed E-state index contributed by atoms with van der Waals surface area (Å²) in [6, 6.07) is 12.5. The van der Waals surface area contributed by atoms with Crippen molar-refractivity contribution in [3.8, 4) is 5.75 Å². The summed E-state index contributed by atoms with van der Waals surface area (Å²) in [6.07, 6.45) is 0. The van der Waals surface area contributed by atoms with Gasteiger partial charge in [-0.2, -0.15) is 0 Å². The molecule has 0 aliphatic carbocycles. The first-order valence-corrected chi connectivity index (χ1v) is 12.0. The van der Waals surface area contributed by atoms with Crippen LogP contribution in [0.1, 0.15) is 61.9 Å². The lowest BCUT2D eigenvalue weighted by Gasteiger charge is -2.28. The number of carbonyl (C=O) groups is 2. The van der Waals surface area contributed by atoms with Crippen molar-refractivity contribution in [2.24, 2.45) is 0 Å². The molecule has 182 valence electrons. The lowest BCUT2D eigenvalue weighted by Crippen LogP contribution is -2.38. The van der Waals surface area contributed by atoms with Crippen LogP contribution in [0.2, 0.25) is 0 Å². The standard InChI is InChI=1S/C28H36N2O4/c1-7-29(8-2)14-15-30-25(20-11-9-10-19(5)16-20)24(27(32)28(30)33)26(31)21-12-13-23(34-6)22(17-21)18(3)4/h9-13,16-18,25,31H,7-8,14-15H2,1-6H3/b26-24-. The molecule has 0 aromatic heterocycles. The van der Waals surface area contributed by atoms with Crippen molar-refractivity contribution >= 4 is 17.4 Å². The molecule has 1 N–H and O–H groups in total. The summed E-state index contributed by atoms with van der Waals surface area (Å²) in [5.74, 6) is -0.490. The first-order valence-electron chi connectivity index (χ1n) is 12.0. The van der Waals surface area contributed by atoms with Crippen molar-refractivity contribution in [2.45, 2.75) is 46.6 Å². The second-order valence-electron chi connectivity index (χ2n) is 9.04. The number of benzene rings is 2. The second kappa shape index (κ2) is 10.9. The number of hydrogen-bond donors (Lipinski definition) is 1. The van der Waals surface area contributed by atoms with E-state index in [4.69, 9.17) is 4.74 Å². The molecule has 1 heterocycles. The number of nitrogens with zero attached hydrogens (tertiary/aromatic N) is 2. The average Bonchev–Trinajstić information content (AvgIpc) is 3.08. The van der Waals surface area contributed by atoms with E-state index in [2.05, 4.69) is 18.7 Å². The Labute approximate surface area is 202 Å². The molecule has 1 fully saturated rings. The van der Waals surface area contributed by atoms with E-state index in [0.717, 1.165) is 35.5 Å². The van der Waals surface area contributed by atoms with Crippen molar-refractivity contribution in [1.29, 1.82) is 0 Å². The number of aliphatic hydroxyl groups is 1. The number of rotatable bonds is 9. The van der Waals surface area contributed by atoms with Gasteiger partial charge in [0, 0.05) is 18.7 Å². The third-order valence-corrected chi connectivity index (χ3v) is 6.57. The number of ether oxygens (including phenoxy) is 1. The zero-order chi connectivity index (χ0) is 25.0. The fourth-order valence-corrected chi connectivity index (χ4v) is 4.57. The van der Waals surface area contributed by atoms with Crippen molar-refractivity contribution in [1.82, 2.24) is 9.80 Å². The van der Waals surface area contributed by atoms with E-state index in [1.807, 2.05) is 51.1 Å². The van der Waals surface area contributed by atoms with E-state index in [9.17, 15) is 14.7 Å². The van der Waals surface area contributed by atoms with Crippen LogP contribution in [0, 0.1) is 6.92 Å². The Balaban J connectivity index is 2.15. The minimum Gasteiger partial charge on any atom is -0.507 e. The number of aryl methyl sites for hydroxylation is 1. The predicted molar refractivity (Wildman–Crippen MR) is 135 cm³/mol. The number of hydrogen-bond acceptors (Lipinski definition) is 5. The SMILES string of the molecule is CCN(CC)CCN1C(=O)C(=O)/C(=C(\O)c2ccc(OC)c(C(C)C)c2)C1c1cccc(C)c1. The first-order chi connectivity index (χ1) is 16.2. The number of methoxy groups -OCH3 is 1. The molecule has 0 saturated carbocycles. The molecule has 2 aromatic rings. The Morgan fingerprint density at radius 3 is 2.41 bits per heavy atom. The minimum absolute atomic E-state index is 0.134. The number of aliphatic hydroxyl groups excluding tert-OH is 1. The van der Waals surface area contributed by atoms with Crippen LogP contribution in [0.25, 0.3) is 5.76 Å². The van der Waals surface area contributed by atoms with Crippen LogP contribution in [0.5, 0.6) is 5.75 Å². The minimum atomic E-state index is -0.648.